The number of benzene rings is 2. The van der Waals surface area contributed by atoms with Gasteiger partial charge in [-0.3, -0.25) is 14.2 Å². The van der Waals surface area contributed by atoms with Gasteiger partial charge in [0.05, 0.1) is 31.2 Å². The fraction of sp³-hybridized carbons (Fsp3) is 0.375. The van der Waals surface area contributed by atoms with Gasteiger partial charge in [0, 0.05) is 31.1 Å². The zero-order valence-corrected chi connectivity index (χ0v) is 18.3. The smallest absolute Gasteiger partial charge is 0.328 e. The highest BCUT2D eigenvalue weighted by atomic mass is 16.5. The van der Waals surface area contributed by atoms with Crippen molar-refractivity contribution in [2.45, 2.75) is 38.3 Å². The van der Waals surface area contributed by atoms with Crippen molar-refractivity contribution >= 4 is 16.8 Å². The van der Waals surface area contributed by atoms with Crippen LogP contribution in [0.25, 0.3) is 10.9 Å². The summed E-state index contributed by atoms with van der Waals surface area (Å²) in [6.45, 7) is 0.865. The summed E-state index contributed by atoms with van der Waals surface area (Å²) in [4.78, 5) is 42.6. The lowest BCUT2D eigenvalue weighted by atomic mass is 10.0. The number of hydrogen-bond acceptors (Lipinski definition) is 5. The summed E-state index contributed by atoms with van der Waals surface area (Å²) in [5, 5.41) is 0.463. The molecule has 3 aromatic rings. The van der Waals surface area contributed by atoms with Gasteiger partial charge < -0.3 is 19.4 Å². The molecule has 32 heavy (non-hydrogen) atoms. The van der Waals surface area contributed by atoms with Gasteiger partial charge in [0.2, 0.25) is 5.91 Å². The third-order valence-corrected chi connectivity index (χ3v) is 6.03. The molecule has 1 atom stereocenters. The van der Waals surface area contributed by atoms with E-state index >= 15 is 0 Å². The highest BCUT2D eigenvalue weighted by Gasteiger charge is 2.31. The van der Waals surface area contributed by atoms with Crippen molar-refractivity contribution in [3.05, 3.63) is 68.9 Å². The Morgan fingerprint density at radius 3 is 2.72 bits per heavy atom. The topological polar surface area (TPSA) is 93.6 Å². The molecule has 0 bridgehead atoms. The van der Waals surface area contributed by atoms with Crippen LogP contribution in [0.1, 0.15) is 37.3 Å². The van der Waals surface area contributed by atoms with E-state index in [0.29, 0.717) is 35.4 Å². The maximum absolute atomic E-state index is 13.0. The van der Waals surface area contributed by atoms with Crippen LogP contribution in [-0.4, -0.2) is 41.1 Å². The Morgan fingerprint density at radius 2 is 1.94 bits per heavy atom. The number of methoxy groups -OCH3 is 2. The fourth-order valence-electron chi connectivity index (χ4n) is 4.42. The molecule has 0 spiro atoms. The SMILES string of the molecule is COc1ccc(C2CCCN2C(=O)CCCn2c(=O)[nH]c3ccccc3c2=O)c(OC)c1. The number of fused-ring (bicyclic) bond motifs is 1. The van der Waals surface area contributed by atoms with Crippen LogP contribution in [0.15, 0.2) is 52.1 Å². The molecule has 2 heterocycles. The van der Waals surface area contributed by atoms with Crippen molar-refractivity contribution in [1.82, 2.24) is 14.5 Å². The lowest BCUT2D eigenvalue weighted by Gasteiger charge is -2.26. The molecule has 0 aliphatic carbocycles. The average Bonchev–Trinajstić information content (AvgIpc) is 3.30. The van der Waals surface area contributed by atoms with E-state index in [2.05, 4.69) is 4.98 Å². The van der Waals surface area contributed by atoms with Crippen molar-refractivity contribution in [2.75, 3.05) is 20.8 Å². The number of nitrogens with one attached hydrogen (secondary N) is 1. The van der Waals surface area contributed by atoms with Crippen LogP contribution in [0.5, 0.6) is 11.5 Å². The largest absolute Gasteiger partial charge is 0.497 e. The van der Waals surface area contributed by atoms with E-state index in [1.807, 2.05) is 23.1 Å². The predicted molar refractivity (Wildman–Crippen MR) is 121 cm³/mol. The maximum atomic E-state index is 13.0. The molecule has 1 amide bonds. The zero-order chi connectivity index (χ0) is 22.7. The normalized spacial score (nSPS) is 15.8. The van der Waals surface area contributed by atoms with E-state index in [0.717, 1.165) is 18.4 Å². The van der Waals surface area contributed by atoms with Gasteiger partial charge in [0.1, 0.15) is 11.5 Å². The molecule has 1 N–H and O–H groups in total. The highest BCUT2D eigenvalue weighted by molar-refractivity contribution is 5.77. The van der Waals surface area contributed by atoms with Crippen LogP contribution < -0.4 is 20.7 Å². The summed E-state index contributed by atoms with van der Waals surface area (Å²) in [5.74, 6) is 1.41. The second kappa shape index (κ2) is 9.30. The van der Waals surface area contributed by atoms with Gasteiger partial charge in [-0.1, -0.05) is 12.1 Å². The molecule has 0 radical (unpaired) electrons. The molecular weight excluding hydrogens is 410 g/mol. The van der Waals surface area contributed by atoms with Gasteiger partial charge in [0.15, 0.2) is 0 Å². The first-order valence-electron chi connectivity index (χ1n) is 10.8. The number of rotatable bonds is 7. The Hall–Kier alpha value is -3.55. The van der Waals surface area contributed by atoms with Crippen LogP contribution in [0.2, 0.25) is 0 Å². The number of ether oxygens (including phenoxy) is 2. The number of likely N-dealkylation sites (tertiary alicyclic amines) is 1. The minimum absolute atomic E-state index is 0.00985. The van der Waals surface area contributed by atoms with Gasteiger partial charge in [0.25, 0.3) is 5.56 Å². The van der Waals surface area contributed by atoms with Gasteiger partial charge in [-0.15, -0.1) is 0 Å². The van der Waals surface area contributed by atoms with E-state index in [9.17, 15) is 14.4 Å². The lowest BCUT2D eigenvalue weighted by Crippen LogP contribution is -2.36. The molecule has 8 nitrogen and oxygen atoms in total. The monoisotopic (exact) mass is 437 g/mol. The number of aromatic nitrogens is 2. The van der Waals surface area contributed by atoms with E-state index in [-0.39, 0.29) is 30.5 Å². The third kappa shape index (κ3) is 4.12. The van der Waals surface area contributed by atoms with Gasteiger partial charge >= 0.3 is 5.69 Å². The van der Waals surface area contributed by atoms with E-state index in [4.69, 9.17) is 9.47 Å². The Bertz CT molecular complexity index is 1250. The number of para-hydroxylation sites is 1. The molecule has 4 rings (SSSR count). The summed E-state index contributed by atoms with van der Waals surface area (Å²) < 4.78 is 12.0. The number of amides is 1. The van der Waals surface area contributed by atoms with Crippen LogP contribution in [0.4, 0.5) is 0 Å². The highest BCUT2D eigenvalue weighted by Crippen LogP contribution is 2.39. The molecule has 0 saturated carbocycles. The van der Waals surface area contributed by atoms with Crippen molar-refractivity contribution in [2.24, 2.45) is 0 Å². The molecular formula is C24H27N3O5. The standard InChI is InChI=1S/C24H27N3O5/c1-31-16-11-12-18(21(15-16)32-2)20-9-5-13-26(20)22(28)10-6-14-27-23(29)17-7-3-4-8-19(17)25-24(27)30/h3-4,7-8,11-12,15,20H,5-6,9-10,13-14H2,1-2H3,(H,25,30). The minimum atomic E-state index is -0.455. The first kappa shape index (κ1) is 21.7. The first-order valence-corrected chi connectivity index (χ1v) is 10.8. The molecule has 168 valence electrons. The molecule has 1 aliphatic heterocycles. The van der Waals surface area contributed by atoms with E-state index in [1.54, 1.807) is 38.5 Å². The third-order valence-electron chi connectivity index (χ3n) is 6.03. The number of carbonyl (C=O) groups excluding carboxylic acids is 1. The molecule has 1 aliphatic rings. The predicted octanol–water partition coefficient (Wildman–Crippen LogP) is 2.85. The summed E-state index contributed by atoms with van der Waals surface area (Å²) in [7, 11) is 3.21. The number of aromatic amines is 1. The molecule has 1 aromatic heterocycles. The Morgan fingerprint density at radius 1 is 1.12 bits per heavy atom. The van der Waals surface area contributed by atoms with Crippen LogP contribution in [0.3, 0.4) is 0 Å². The van der Waals surface area contributed by atoms with Crippen molar-refractivity contribution in [1.29, 1.82) is 0 Å². The molecule has 1 unspecified atom stereocenters. The van der Waals surface area contributed by atoms with Gasteiger partial charge in [-0.2, -0.15) is 0 Å². The Labute approximate surface area is 185 Å². The quantitative estimate of drug-likeness (QED) is 0.614. The molecule has 8 heteroatoms. The van der Waals surface area contributed by atoms with Crippen LogP contribution >= 0.6 is 0 Å². The summed E-state index contributed by atoms with van der Waals surface area (Å²) in [5.41, 5.74) is 0.687. The second-order valence-electron chi connectivity index (χ2n) is 7.89. The molecule has 1 saturated heterocycles. The van der Waals surface area contributed by atoms with Crippen molar-refractivity contribution in [3.8, 4) is 11.5 Å². The number of nitrogens with zero attached hydrogens (tertiary/aromatic N) is 2. The van der Waals surface area contributed by atoms with Gasteiger partial charge in [-0.25, -0.2) is 4.79 Å². The minimum Gasteiger partial charge on any atom is -0.497 e. The average molecular weight is 437 g/mol. The van der Waals surface area contributed by atoms with Crippen LogP contribution in [0, 0.1) is 0 Å². The maximum Gasteiger partial charge on any atom is 0.328 e. The van der Waals surface area contributed by atoms with Crippen molar-refractivity contribution in [3.63, 3.8) is 0 Å². The van der Waals surface area contributed by atoms with E-state index in [1.165, 1.54) is 4.57 Å². The summed E-state index contributed by atoms with van der Waals surface area (Å²) >= 11 is 0. The fourth-order valence-corrected chi connectivity index (χ4v) is 4.42. The number of carbonyl (C=O) groups is 1. The Balaban J connectivity index is 1.46. The van der Waals surface area contributed by atoms with Crippen LogP contribution in [-0.2, 0) is 11.3 Å². The summed E-state index contributed by atoms with van der Waals surface area (Å²) in [6.07, 6.45) is 2.43. The zero-order valence-electron chi connectivity index (χ0n) is 18.3. The Kier molecular flexibility index (Phi) is 6.30. The molecule has 1 fully saturated rings. The first-order chi connectivity index (χ1) is 15.5. The number of hydrogen-bond donors (Lipinski definition) is 1. The second-order valence-corrected chi connectivity index (χ2v) is 7.89. The molecule has 2 aromatic carbocycles. The van der Waals surface area contributed by atoms with E-state index < -0.39 is 5.69 Å². The lowest BCUT2D eigenvalue weighted by molar-refractivity contribution is -0.132. The van der Waals surface area contributed by atoms with Gasteiger partial charge in [-0.05, 0) is 43.5 Å². The van der Waals surface area contributed by atoms with Crippen molar-refractivity contribution < 1.29 is 14.3 Å². The number of H-pyrrole nitrogens is 1. The summed E-state index contributed by atoms with van der Waals surface area (Å²) in [6, 6.07) is 12.5.